The fraction of sp³-hybridized carbons (Fsp3) is 0.182. The van der Waals surface area contributed by atoms with Crippen molar-refractivity contribution < 1.29 is 9.47 Å². The highest BCUT2D eigenvalue weighted by atomic mass is 79.9. The van der Waals surface area contributed by atoms with Crippen molar-refractivity contribution in [1.29, 1.82) is 0 Å². The lowest BCUT2D eigenvalue weighted by molar-refractivity contribution is 0.174. The van der Waals surface area contributed by atoms with E-state index in [4.69, 9.17) is 20.2 Å². The summed E-state index contributed by atoms with van der Waals surface area (Å²) in [7, 11) is 0. The van der Waals surface area contributed by atoms with Crippen molar-refractivity contribution in [2.75, 3.05) is 24.9 Å². The molecule has 34 heavy (non-hydrogen) atoms. The number of halogens is 1. The van der Waals surface area contributed by atoms with Gasteiger partial charge in [-0.15, -0.1) is 0 Å². The van der Waals surface area contributed by atoms with Gasteiger partial charge in [-0.1, -0.05) is 23.9 Å². The quantitative estimate of drug-likeness (QED) is 0.396. The summed E-state index contributed by atoms with van der Waals surface area (Å²) in [4.78, 5) is 32.6. The molecular weight excluding hydrogens is 522 g/mol. The number of nitrogens with two attached hydrogens (primary N) is 1. The minimum atomic E-state index is -0.0724. The Kier molecular flexibility index (Phi) is 5.18. The number of anilines is 1. The number of ether oxygens (including phenoxy) is 2. The number of hydrogen-bond acceptors (Lipinski definition) is 9. The average Bonchev–Trinajstić information content (AvgIpc) is 3.47. The monoisotopic (exact) mass is 539 g/mol. The smallest absolute Gasteiger partial charge is 0.261 e. The third kappa shape index (κ3) is 3.68. The Bertz CT molecular complexity index is 1520. The number of rotatable bonds is 5. The molecule has 0 atom stereocenters. The van der Waals surface area contributed by atoms with Gasteiger partial charge in [0.15, 0.2) is 22.5 Å². The second-order valence-electron chi connectivity index (χ2n) is 7.69. The van der Waals surface area contributed by atoms with Gasteiger partial charge in [0.05, 0.1) is 17.2 Å². The highest BCUT2D eigenvalue weighted by Gasteiger charge is 2.25. The van der Waals surface area contributed by atoms with Gasteiger partial charge in [0.25, 0.3) is 5.56 Å². The molecule has 10 nitrogen and oxygen atoms in total. The second kappa shape index (κ2) is 8.37. The van der Waals surface area contributed by atoms with Crippen molar-refractivity contribution in [3.8, 4) is 11.5 Å². The van der Waals surface area contributed by atoms with E-state index in [1.165, 1.54) is 11.8 Å². The fourth-order valence-electron chi connectivity index (χ4n) is 3.86. The summed E-state index contributed by atoms with van der Waals surface area (Å²) in [6.07, 6.45) is 1.58. The molecule has 2 aliphatic rings. The van der Waals surface area contributed by atoms with Gasteiger partial charge in [0, 0.05) is 22.5 Å². The van der Waals surface area contributed by atoms with Gasteiger partial charge >= 0.3 is 0 Å². The predicted octanol–water partition coefficient (Wildman–Crippen LogP) is 2.95. The summed E-state index contributed by atoms with van der Waals surface area (Å²) in [6, 6.07) is 11.1. The van der Waals surface area contributed by atoms with Crippen molar-refractivity contribution in [2.45, 2.75) is 16.6 Å². The van der Waals surface area contributed by atoms with E-state index < -0.39 is 0 Å². The van der Waals surface area contributed by atoms with Crippen molar-refractivity contribution in [2.24, 2.45) is 10.7 Å². The molecule has 2 aromatic heterocycles. The van der Waals surface area contributed by atoms with Crippen LogP contribution in [-0.4, -0.2) is 45.4 Å². The molecular formula is C22H18BrN7O3S. The van der Waals surface area contributed by atoms with E-state index in [1.54, 1.807) is 17.0 Å². The number of fused-ring (bicyclic) bond motifs is 3. The van der Waals surface area contributed by atoms with Gasteiger partial charge < -0.3 is 25.1 Å². The molecule has 0 fully saturated rings. The molecule has 0 spiro atoms. The summed E-state index contributed by atoms with van der Waals surface area (Å²) in [5, 5.41) is 1.26. The number of nitrogens with zero attached hydrogens (tertiary/aromatic N) is 5. The molecule has 12 heteroatoms. The first-order chi connectivity index (χ1) is 16.6. The Morgan fingerprint density at radius 3 is 2.88 bits per heavy atom. The number of aliphatic imine (C=N–C) groups is 1. The van der Waals surface area contributed by atoms with Gasteiger partial charge in [0.1, 0.15) is 18.2 Å². The maximum atomic E-state index is 12.8. The van der Waals surface area contributed by atoms with Crippen LogP contribution in [0.15, 0.2) is 67.0 Å². The molecule has 0 bridgehead atoms. The van der Waals surface area contributed by atoms with Crippen molar-refractivity contribution in [1.82, 2.24) is 19.5 Å². The van der Waals surface area contributed by atoms with E-state index in [0.717, 1.165) is 9.37 Å². The number of imidazole rings is 1. The van der Waals surface area contributed by atoms with Crippen molar-refractivity contribution >= 4 is 50.2 Å². The zero-order chi connectivity index (χ0) is 23.2. The first kappa shape index (κ1) is 21.1. The Morgan fingerprint density at radius 1 is 1.18 bits per heavy atom. The molecule has 0 saturated carbocycles. The Morgan fingerprint density at radius 2 is 2.00 bits per heavy atom. The van der Waals surface area contributed by atoms with E-state index in [-0.39, 0.29) is 12.4 Å². The number of para-hydroxylation sites is 1. The van der Waals surface area contributed by atoms with Crippen LogP contribution in [0.4, 0.5) is 5.82 Å². The van der Waals surface area contributed by atoms with E-state index in [0.29, 0.717) is 64.7 Å². The summed E-state index contributed by atoms with van der Waals surface area (Å²) < 4.78 is 13.4. The van der Waals surface area contributed by atoms with Crippen LogP contribution in [0.1, 0.15) is 5.69 Å². The number of benzene rings is 2. The Hall–Kier alpha value is -3.51. The van der Waals surface area contributed by atoms with Gasteiger partial charge in [-0.2, -0.15) is 0 Å². The summed E-state index contributed by atoms with van der Waals surface area (Å²) in [5.41, 5.74) is 7.42. The van der Waals surface area contributed by atoms with Crippen LogP contribution in [0.2, 0.25) is 0 Å². The largest absolute Gasteiger partial charge is 0.454 e. The van der Waals surface area contributed by atoms with Crippen molar-refractivity contribution in [3.05, 3.63) is 63.2 Å². The minimum Gasteiger partial charge on any atom is -0.454 e. The standard InChI is InChI=1S/C22H18BrN7O3S/c23-13-7-15-16(33-11-32-15)8-17(13)34-22-27-18-19(24)26-10-29(20(18)28-22)5-6-30-9-25-14-4-2-1-3-12(14)21(30)31/h1-4,7-9H,5-6,10-11H2,(H2,24,26)(H,27,28). The molecule has 0 saturated heterocycles. The molecule has 6 rings (SSSR count). The second-order valence-corrected chi connectivity index (χ2v) is 9.57. The van der Waals surface area contributed by atoms with E-state index in [1.807, 2.05) is 35.2 Å². The summed E-state index contributed by atoms with van der Waals surface area (Å²) >= 11 is 5.03. The minimum absolute atomic E-state index is 0.0724. The maximum absolute atomic E-state index is 12.8. The molecule has 0 radical (unpaired) electrons. The third-order valence-corrected chi connectivity index (χ3v) is 7.47. The Balaban J connectivity index is 1.25. The maximum Gasteiger partial charge on any atom is 0.261 e. The van der Waals surface area contributed by atoms with E-state index in [2.05, 4.69) is 30.9 Å². The topological polar surface area (TPSA) is 124 Å². The van der Waals surface area contributed by atoms with Crippen LogP contribution in [0.5, 0.6) is 11.5 Å². The van der Waals surface area contributed by atoms with Crippen LogP contribution in [0.3, 0.4) is 0 Å². The number of aromatic amines is 1. The number of H-pyrrole nitrogens is 1. The van der Waals surface area contributed by atoms with Crippen LogP contribution in [-0.2, 0) is 6.54 Å². The average molecular weight is 540 g/mol. The molecule has 0 amide bonds. The van der Waals surface area contributed by atoms with Crippen molar-refractivity contribution in [3.63, 3.8) is 0 Å². The normalized spacial score (nSPS) is 14.4. The first-order valence-corrected chi connectivity index (χ1v) is 12.0. The molecule has 2 aliphatic heterocycles. The molecule has 3 N–H and O–H groups in total. The van der Waals surface area contributed by atoms with Crippen LogP contribution >= 0.6 is 27.7 Å². The van der Waals surface area contributed by atoms with Crippen LogP contribution < -0.4 is 25.7 Å². The van der Waals surface area contributed by atoms with Gasteiger partial charge in [-0.25, -0.2) is 15.0 Å². The molecule has 0 aliphatic carbocycles. The SMILES string of the molecule is NC1=NCN(CCn2cnc3ccccc3c2=O)c2nc(Sc3cc4c(cc3Br)OCO4)[nH]c21. The lowest BCUT2D eigenvalue weighted by Gasteiger charge is -2.25. The predicted molar refractivity (Wildman–Crippen MR) is 132 cm³/mol. The molecule has 4 aromatic rings. The van der Waals surface area contributed by atoms with Gasteiger partial charge in [-0.3, -0.25) is 9.36 Å². The number of nitrogens with one attached hydrogen (secondary N) is 1. The number of amidine groups is 1. The number of aromatic nitrogens is 4. The molecule has 2 aromatic carbocycles. The zero-order valence-electron chi connectivity index (χ0n) is 17.7. The van der Waals surface area contributed by atoms with Gasteiger partial charge in [-0.05, 0) is 40.2 Å². The third-order valence-electron chi connectivity index (χ3n) is 5.61. The molecule has 0 unspecified atom stereocenters. The van der Waals surface area contributed by atoms with Crippen LogP contribution in [0, 0.1) is 0 Å². The molecule has 4 heterocycles. The fourth-order valence-corrected chi connectivity index (χ4v) is 5.24. The van der Waals surface area contributed by atoms with E-state index in [9.17, 15) is 4.79 Å². The summed E-state index contributed by atoms with van der Waals surface area (Å²) in [6.45, 7) is 1.53. The lowest BCUT2D eigenvalue weighted by atomic mass is 10.2. The van der Waals surface area contributed by atoms with Crippen LogP contribution in [0.25, 0.3) is 10.9 Å². The lowest BCUT2D eigenvalue weighted by Crippen LogP contribution is -2.36. The van der Waals surface area contributed by atoms with Gasteiger partial charge in [0.2, 0.25) is 6.79 Å². The molecule has 172 valence electrons. The zero-order valence-corrected chi connectivity index (χ0v) is 20.1. The Labute approximate surface area is 205 Å². The highest BCUT2D eigenvalue weighted by Crippen LogP contribution is 2.42. The van der Waals surface area contributed by atoms with E-state index >= 15 is 0 Å². The first-order valence-electron chi connectivity index (χ1n) is 10.4. The highest BCUT2D eigenvalue weighted by molar-refractivity contribution is 9.10. The summed E-state index contributed by atoms with van der Waals surface area (Å²) in [5.74, 6) is 2.50. The number of hydrogen-bond donors (Lipinski definition) is 2.